The molecular formula is C14H16N2O2. The number of carbonyl (C=O) groups is 1. The van der Waals surface area contributed by atoms with Gasteiger partial charge >= 0.3 is 5.97 Å². The molecule has 1 aliphatic rings. The molecule has 0 amide bonds. The number of hydrogen-bond acceptors (Lipinski definition) is 4. The standard InChI is InChI=1S/C14H16N2O2/c1-18-14(17)13-6-7-16(10-13)9-12-4-2-11(8-15)3-5-12/h2-5,13H,6-7,9-10H2,1H3. The lowest BCUT2D eigenvalue weighted by Gasteiger charge is -2.15. The van der Waals surface area contributed by atoms with Gasteiger partial charge in [0.25, 0.3) is 0 Å². The summed E-state index contributed by atoms with van der Waals surface area (Å²) in [5.41, 5.74) is 1.84. The van der Waals surface area contributed by atoms with Gasteiger partial charge in [0, 0.05) is 13.1 Å². The Morgan fingerprint density at radius 1 is 1.50 bits per heavy atom. The Morgan fingerprint density at radius 2 is 2.22 bits per heavy atom. The maximum Gasteiger partial charge on any atom is 0.310 e. The van der Waals surface area contributed by atoms with Crippen LogP contribution >= 0.6 is 0 Å². The molecule has 0 spiro atoms. The monoisotopic (exact) mass is 244 g/mol. The Morgan fingerprint density at radius 3 is 2.83 bits per heavy atom. The van der Waals surface area contributed by atoms with Gasteiger partial charge in [0.2, 0.25) is 0 Å². The Labute approximate surface area is 107 Å². The predicted molar refractivity (Wildman–Crippen MR) is 66.6 cm³/mol. The molecular weight excluding hydrogens is 228 g/mol. The second-order valence-corrected chi connectivity index (χ2v) is 4.55. The number of methoxy groups -OCH3 is 1. The van der Waals surface area contributed by atoms with Gasteiger partial charge < -0.3 is 4.74 Å². The first-order valence-corrected chi connectivity index (χ1v) is 6.02. The van der Waals surface area contributed by atoms with E-state index in [1.54, 1.807) is 0 Å². The normalized spacial score (nSPS) is 19.4. The van der Waals surface area contributed by atoms with Crippen LogP contribution in [0.2, 0.25) is 0 Å². The van der Waals surface area contributed by atoms with Crippen molar-refractivity contribution in [2.24, 2.45) is 5.92 Å². The Hall–Kier alpha value is -1.86. The van der Waals surface area contributed by atoms with Gasteiger partial charge in [0.1, 0.15) is 0 Å². The van der Waals surface area contributed by atoms with Gasteiger partial charge in [0.15, 0.2) is 0 Å². The highest BCUT2D eigenvalue weighted by molar-refractivity contribution is 5.72. The molecule has 4 nitrogen and oxygen atoms in total. The summed E-state index contributed by atoms with van der Waals surface area (Å²) in [6.45, 7) is 2.49. The molecule has 1 aliphatic heterocycles. The average molecular weight is 244 g/mol. The highest BCUT2D eigenvalue weighted by Crippen LogP contribution is 2.19. The molecule has 0 radical (unpaired) electrons. The number of esters is 1. The van der Waals surface area contributed by atoms with Crippen molar-refractivity contribution >= 4 is 5.97 Å². The lowest BCUT2D eigenvalue weighted by atomic mass is 10.1. The zero-order valence-electron chi connectivity index (χ0n) is 10.4. The zero-order chi connectivity index (χ0) is 13.0. The van der Waals surface area contributed by atoms with E-state index < -0.39 is 0 Å². The molecule has 0 aliphatic carbocycles. The maximum absolute atomic E-state index is 11.4. The lowest BCUT2D eigenvalue weighted by molar-refractivity contribution is -0.144. The van der Waals surface area contributed by atoms with Crippen LogP contribution in [0.1, 0.15) is 17.5 Å². The summed E-state index contributed by atoms with van der Waals surface area (Å²) < 4.78 is 4.76. The molecule has 1 fully saturated rings. The molecule has 1 saturated heterocycles. The van der Waals surface area contributed by atoms with E-state index in [0.29, 0.717) is 5.56 Å². The minimum atomic E-state index is -0.114. The van der Waals surface area contributed by atoms with Crippen LogP contribution in [0.4, 0.5) is 0 Å². The van der Waals surface area contributed by atoms with Crippen LogP contribution in [0.15, 0.2) is 24.3 Å². The molecule has 0 aromatic heterocycles. The van der Waals surface area contributed by atoms with Crippen molar-refractivity contribution in [1.29, 1.82) is 5.26 Å². The van der Waals surface area contributed by atoms with Gasteiger partial charge in [-0.2, -0.15) is 5.26 Å². The van der Waals surface area contributed by atoms with Crippen molar-refractivity contribution in [3.63, 3.8) is 0 Å². The molecule has 1 aromatic rings. The number of benzene rings is 1. The summed E-state index contributed by atoms with van der Waals surface area (Å²) in [7, 11) is 1.44. The average Bonchev–Trinajstić information content (AvgIpc) is 2.87. The third-order valence-electron chi connectivity index (χ3n) is 3.30. The molecule has 0 bridgehead atoms. The maximum atomic E-state index is 11.4. The third kappa shape index (κ3) is 2.88. The fourth-order valence-electron chi connectivity index (χ4n) is 2.28. The first-order valence-electron chi connectivity index (χ1n) is 6.02. The number of likely N-dealkylation sites (tertiary alicyclic amines) is 1. The van der Waals surface area contributed by atoms with Crippen LogP contribution in [-0.4, -0.2) is 31.1 Å². The van der Waals surface area contributed by atoms with Crippen LogP contribution in [0.5, 0.6) is 0 Å². The molecule has 0 saturated carbocycles. The molecule has 18 heavy (non-hydrogen) atoms. The number of nitrogens with zero attached hydrogens (tertiary/aromatic N) is 2. The summed E-state index contributed by atoms with van der Waals surface area (Å²) in [4.78, 5) is 13.6. The van der Waals surface area contributed by atoms with Crippen molar-refractivity contribution in [1.82, 2.24) is 4.90 Å². The van der Waals surface area contributed by atoms with Crippen LogP contribution in [0.25, 0.3) is 0 Å². The number of hydrogen-bond donors (Lipinski definition) is 0. The van der Waals surface area contributed by atoms with E-state index >= 15 is 0 Å². The predicted octanol–water partition coefficient (Wildman–Crippen LogP) is 1.55. The molecule has 0 N–H and O–H groups in total. The van der Waals surface area contributed by atoms with Crippen LogP contribution in [0.3, 0.4) is 0 Å². The van der Waals surface area contributed by atoms with Crippen molar-refractivity contribution in [2.75, 3.05) is 20.2 Å². The first-order chi connectivity index (χ1) is 8.72. The molecule has 1 heterocycles. The number of carbonyl (C=O) groups excluding carboxylic acids is 1. The topological polar surface area (TPSA) is 53.3 Å². The fourth-order valence-corrected chi connectivity index (χ4v) is 2.28. The summed E-state index contributed by atoms with van der Waals surface area (Å²) in [5.74, 6) is -0.106. The second kappa shape index (κ2) is 5.65. The number of rotatable bonds is 3. The van der Waals surface area contributed by atoms with E-state index in [0.717, 1.165) is 26.1 Å². The molecule has 1 atom stereocenters. The number of nitriles is 1. The summed E-state index contributed by atoms with van der Waals surface area (Å²) in [6, 6.07) is 9.67. The smallest absolute Gasteiger partial charge is 0.310 e. The Kier molecular flexibility index (Phi) is 3.96. The minimum absolute atomic E-state index is 0.00776. The lowest BCUT2D eigenvalue weighted by Crippen LogP contribution is -2.23. The second-order valence-electron chi connectivity index (χ2n) is 4.55. The summed E-state index contributed by atoms with van der Waals surface area (Å²) >= 11 is 0. The SMILES string of the molecule is COC(=O)C1CCN(Cc2ccc(C#N)cc2)C1. The highest BCUT2D eigenvalue weighted by atomic mass is 16.5. The fraction of sp³-hybridized carbons (Fsp3) is 0.429. The van der Waals surface area contributed by atoms with E-state index in [1.807, 2.05) is 24.3 Å². The van der Waals surface area contributed by atoms with Crippen molar-refractivity contribution in [2.45, 2.75) is 13.0 Å². The van der Waals surface area contributed by atoms with Crippen molar-refractivity contribution in [3.05, 3.63) is 35.4 Å². The summed E-state index contributed by atoms with van der Waals surface area (Å²) in [6.07, 6.45) is 0.864. The Balaban J connectivity index is 1.91. The molecule has 2 rings (SSSR count). The van der Waals surface area contributed by atoms with Crippen LogP contribution < -0.4 is 0 Å². The van der Waals surface area contributed by atoms with Gasteiger partial charge in [0.05, 0.1) is 24.7 Å². The van der Waals surface area contributed by atoms with Gasteiger partial charge in [-0.05, 0) is 30.7 Å². The van der Waals surface area contributed by atoms with Crippen molar-refractivity contribution < 1.29 is 9.53 Å². The molecule has 4 heteroatoms. The zero-order valence-corrected chi connectivity index (χ0v) is 10.4. The van der Waals surface area contributed by atoms with E-state index in [2.05, 4.69) is 11.0 Å². The molecule has 1 aromatic carbocycles. The van der Waals surface area contributed by atoms with Crippen molar-refractivity contribution in [3.8, 4) is 6.07 Å². The van der Waals surface area contributed by atoms with E-state index in [9.17, 15) is 4.79 Å². The minimum Gasteiger partial charge on any atom is -0.469 e. The van der Waals surface area contributed by atoms with Gasteiger partial charge in [-0.25, -0.2) is 0 Å². The highest BCUT2D eigenvalue weighted by Gasteiger charge is 2.28. The summed E-state index contributed by atoms with van der Waals surface area (Å²) in [5, 5.41) is 8.72. The van der Waals surface area contributed by atoms with Crippen LogP contribution in [0, 0.1) is 17.2 Å². The molecule has 1 unspecified atom stereocenters. The largest absolute Gasteiger partial charge is 0.469 e. The van der Waals surface area contributed by atoms with E-state index in [-0.39, 0.29) is 11.9 Å². The van der Waals surface area contributed by atoms with Crippen LogP contribution in [-0.2, 0) is 16.1 Å². The molecule has 94 valence electrons. The van der Waals surface area contributed by atoms with Gasteiger partial charge in [-0.3, -0.25) is 9.69 Å². The van der Waals surface area contributed by atoms with Gasteiger partial charge in [-0.1, -0.05) is 12.1 Å². The first kappa shape index (κ1) is 12.6. The van der Waals surface area contributed by atoms with E-state index in [1.165, 1.54) is 12.7 Å². The van der Waals surface area contributed by atoms with E-state index in [4.69, 9.17) is 10.00 Å². The van der Waals surface area contributed by atoms with Gasteiger partial charge in [-0.15, -0.1) is 0 Å². The number of ether oxygens (including phenoxy) is 1. The quantitative estimate of drug-likeness (QED) is 0.757. The third-order valence-corrected chi connectivity index (χ3v) is 3.30. The Bertz CT molecular complexity index is 462.